The highest BCUT2D eigenvalue weighted by atomic mass is 14.0. The van der Waals surface area contributed by atoms with Crippen LogP contribution in [0.25, 0.3) is 10.8 Å². The molecule has 0 aliphatic carbocycles. The Kier molecular flexibility index (Phi) is 31.9. The van der Waals surface area contributed by atoms with E-state index in [1.807, 2.05) is 41.5 Å². The molecule has 0 aromatic heterocycles. The Labute approximate surface area is 136 Å². The largest absolute Gasteiger partial charge is 0.0776 e. The van der Waals surface area contributed by atoms with Gasteiger partial charge in [-0.05, 0) is 30.2 Å². The standard InChI is InChI=1S/C12H12.3C2H6.3CH4/c1-9-6-7-12-10(2)4-3-5-11(12)8-9;3*1-2;;;/h3-8H,1-2H3;3*1-2H3;3*1H4. The van der Waals surface area contributed by atoms with Crippen LogP contribution in [0.3, 0.4) is 0 Å². The van der Waals surface area contributed by atoms with Gasteiger partial charge in [0.05, 0.1) is 0 Å². The lowest BCUT2D eigenvalue weighted by Crippen LogP contribution is -1.78. The van der Waals surface area contributed by atoms with Crippen LogP contribution in [0.2, 0.25) is 0 Å². The van der Waals surface area contributed by atoms with Gasteiger partial charge in [0.2, 0.25) is 0 Å². The molecule has 0 fully saturated rings. The molecule has 0 saturated heterocycles. The molecule has 0 saturated carbocycles. The van der Waals surface area contributed by atoms with Crippen LogP contribution < -0.4 is 0 Å². The molecule has 0 bridgehead atoms. The van der Waals surface area contributed by atoms with E-state index in [0.29, 0.717) is 0 Å². The fourth-order valence-corrected chi connectivity index (χ4v) is 1.57. The van der Waals surface area contributed by atoms with Gasteiger partial charge in [-0.2, -0.15) is 0 Å². The van der Waals surface area contributed by atoms with Gasteiger partial charge >= 0.3 is 0 Å². The van der Waals surface area contributed by atoms with Crippen LogP contribution in [-0.4, -0.2) is 0 Å². The first-order valence-electron chi connectivity index (χ1n) is 7.23. The van der Waals surface area contributed by atoms with Crippen molar-refractivity contribution in [3.05, 3.63) is 47.5 Å². The smallest absolute Gasteiger partial charge is 0.0155 e. The van der Waals surface area contributed by atoms with Gasteiger partial charge in [-0.15, -0.1) is 0 Å². The van der Waals surface area contributed by atoms with Crippen molar-refractivity contribution in [3.63, 3.8) is 0 Å². The van der Waals surface area contributed by atoms with Gasteiger partial charge in [0.1, 0.15) is 0 Å². The van der Waals surface area contributed by atoms with E-state index in [4.69, 9.17) is 0 Å². The first kappa shape index (κ1) is 31.9. The van der Waals surface area contributed by atoms with Crippen LogP contribution in [0.5, 0.6) is 0 Å². The molecule has 21 heavy (non-hydrogen) atoms. The summed E-state index contributed by atoms with van der Waals surface area (Å²) < 4.78 is 0. The molecule has 0 aliphatic rings. The van der Waals surface area contributed by atoms with Crippen molar-refractivity contribution < 1.29 is 0 Å². The van der Waals surface area contributed by atoms with Gasteiger partial charge in [0, 0.05) is 0 Å². The van der Waals surface area contributed by atoms with Gasteiger partial charge in [-0.3, -0.25) is 0 Å². The maximum absolute atomic E-state index is 2.22. The molecular weight excluding hydrogens is 252 g/mol. The van der Waals surface area contributed by atoms with Crippen molar-refractivity contribution in [2.24, 2.45) is 0 Å². The number of hydrogen-bond acceptors (Lipinski definition) is 0. The van der Waals surface area contributed by atoms with Crippen molar-refractivity contribution in [3.8, 4) is 0 Å². The van der Waals surface area contributed by atoms with E-state index in [1.165, 1.54) is 21.9 Å². The molecule has 0 heteroatoms. The number of fused-ring (bicyclic) bond motifs is 1. The summed E-state index contributed by atoms with van der Waals surface area (Å²) in [6, 6.07) is 13.0. The molecule has 0 atom stereocenters. The minimum absolute atomic E-state index is 0. The SMILES string of the molecule is C.C.C.CC.CC.CC.Cc1ccc2c(C)cccc2c1. The van der Waals surface area contributed by atoms with Crippen LogP contribution >= 0.6 is 0 Å². The topological polar surface area (TPSA) is 0 Å². The molecule has 0 radical (unpaired) electrons. The summed E-state index contributed by atoms with van der Waals surface area (Å²) in [6.45, 7) is 16.3. The van der Waals surface area contributed by atoms with Gasteiger partial charge in [-0.25, -0.2) is 0 Å². The zero-order valence-electron chi connectivity index (χ0n) is 13.5. The summed E-state index contributed by atoms with van der Waals surface area (Å²) in [7, 11) is 0. The maximum atomic E-state index is 2.22. The van der Waals surface area contributed by atoms with Crippen molar-refractivity contribution in [1.29, 1.82) is 0 Å². The van der Waals surface area contributed by atoms with E-state index in [9.17, 15) is 0 Å². The van der Waals surface area contributed by atoms with Gasteiger partial charge in [-0.1, -0.05) is 106 Å². The Morgan fingerprint density at radius 2 is 1.10 bits per heavy atom. The molecule has 0 heterocycles. The molecule has 2 aromatic carbocycles. The predicted molar refractivity (Wildman–Crippen MR) is 108 cm³/mol. The quantitative estimate of drug-likeness (QED) is 0.457. The summed E-state index contributed by atoms with van der Waals surface area (Å²) in [4.78, 5) is 0. The first-order valence-corrected chi connectivity index (χ1v) is 7.23. The average molecular weight is 295 g/mol. The summed E-state index contributed by atoms with van der Waals surface area (Å²) >= 11 is 0. The molecule has 126 valence electrons. The molecule has 0 spiro atoms. The lowest BCUT2D eigenvalue weighted by atomic mass is 10.0. The van der Waals surface area contributed by atoms with Crippen LogP contribution in [0, 0.1) is 13.8 Å². The zero-order valence-corrected chi connectivity index (χ0v) is 13.5. The Bertz CT molecular complexity index is 413. The molecule has 0 unspecified atom stereocenters. The average Bonchev–Trinajstić information content (AvgIpc) is 2.45. The van der Waals surface area contributed by atoms with Gasteiger partial charge < -0.3 is 0 Å². The first-order chi connectivity index (χ1) is 8.77. The maximum Gasteiger partial charge on any atom is -0.0155 e. The summed E-state index contributed by atoms with van der Waals surface area (Å²) in [5, 5.41) is 2.71. The molecule has 0 nitrogen and oxygen atoms in total. The second-order valence-corrected chi connectivity index (χ2v) is 3.30. The minimum Gasteiger partial charge on any atom is -0.0776 e. The van der Waals surface area contributed by atoms with Gasteiger partial charge in [0.25, 0.3) is 0 Å². The lowest BCUT2D eigenvalue weighted by molar-refractivity contribution is 1.48. The molecule has 2 aromatic rings. The van der Waals surface area contributed by atoms with Crippen molar-refractivity contribution in [2.45, 2.75) is 77.7 Å². The van der Waals surface area contributed by atoms with E-state index in [1.54, 1.807) is 0 Å². The highest BCUT2D eigenvalue weighted by Crippen LogP contribution is 2.18. The van der Waals surface area contributed by atoms with E-state index in [2.05, 4.69) is 50.2 Å². The van der Waals surface area contributed by atoms with Crippen LogP contribution in [0.4, 0.5) is 0 Å². The molecule has 0 amide bonds. The highest BCUT2D eigenvalue weighted by Gasteiger charge is 1.94. The third-order valence-corrected chi connectivity index (χ3v) is 2.25. The van der Waals surface area contributed by atoms with E-state index >= 15 is 0 Å². The Balaban J connectivity index is -0.0000000855. The van der Waals surface area contributed by atoms with Crippen LogP contribution in [-0.2, 0) is 0 Å². The third-order valence-electron chi connectivity index (χ3n) is 2.25. The van der Waals surface area contributed by atoms with E-state index in [-0.39, 0.29) is 22.3 Å². The summed E-state index contributed by atoms with van der Waals surface area (Å²) in [6.07, 6.45) is 0. The lowest BCUT2D eigenvalue weighted by Gasteiger charge is -2.01. The molecule has 0 N–H and O–H groups in total. The number of hydrogen-bond donors (Lipinski definition) is 0. The predicted octanol–water partition coefficient (Wildman–Crippen LogP) is 8.44. The van der Waals surface area contributed by atoms with E-state index in [0.717, 1.165) is 0 Å². The second-order valence-electron chi connectivity index (χ2n) is 3.30. The monoisotopic (exact) mass is 294 g/mol. The fourth-order valence-electron chi connectivity index (χ4n) is 1.57. The normalized spacial score (nSPS) is 6.86. The zero-order chi connectivity index (χ0) is 14.6. The fraction of sp³-hybridized carbons (Fsp3) is 0.524. The number of aryl methyl sites for hydroxylation is 2. The summed E-state index contributed by atoms with van der Waals surface area (Å²) in [5.74, 6) is 0. The van der Waals surface area contributed by atoms with Crippen LogP contribution in [0.15, 0.2) is 36.4 Å². The Hall–Kier alpha value is -1.30. The minimum atomic E-state index is 0. The van der Waals surface area contributed by atoms with Crippen molar-refractivity contribution in [2.75, 3.05) is 0 Å². The van der Waals surface area contributed by atoms with Crippen molar-refractivity contribution in [1.82, 2.24) is 0 Å². The third kappa shape index (κ3) is 11.1. The van der Waals surface area contributed by atoms with Crippen LogP contribution in [0.1, 0.15) is 74.9 Å². The number of benzene rings is 2. The Morgan fingerprint density at radius 3 is 1.57 bits per heavy atom. The van der Waals surface area contributed by atoms with E-state index < -0.39 is 0 Å². The second kappa shape index (κ2) is 21.0. The molecular formula is C21H42. The van der Waals surface area contributed by atoms with Gasteiger partial charge in [0.15, 0.2) is 0 Å². The highest BCUT2D eigenvalue weighted by molar-refractivity contribution is 5.86. The summed E-state index contributed by atoms with van der Waals surface area (Å²) in [5.41, 5.74) is 2.68. The van der Waals surface area contributed by atoms with Crippen molar-refractivity contribution >= 4 is 10.8 Å². The number of rotatable bonds is 0. The Morgan fingerprint density at radius 1 is 0.619 bits per heavy atom. The molecule has 2 rings (SSSR count). The molecule has 0 aliphatic heterocycles.